The third-order valence-corrected chi connectivity index (χ3v) is 6.19. The molecule has 1 saturated heterocycles. The lowest BCUT2D eigenvalue weighted by molar-refractivity contribution is -0.00153. The van der Waals surface area contributed by atoms with E-state index in [1.807, 2.05) is 42.3 Å². The van der Waals surface area contributed by atoms with Gasteiger partial charge in [-0.1, -0.05) is 18.6 Å². The van der Waals surface area contributed by atoms with Crippen LogP contribution in [-0.4, -0.2) is 63.9 Å². The van der Waals surface area contributed by atoms with Gasteiger partial charge in [0.05, 0.1) is 30.4 Å². The number of pyridine rings is 1. The van der Waals surface area contributed by atoms with Crippen LogP contribution in [0, 0.1) is 0 Å². The van der Waals surface area contributed by atoms with E-state index in [1.165, 1.54) is 32.4 Å². The summed E-state index contributed by atoms with van der Waals surface area (Å²) < 4.78 is 7.11. The van der Waals surface area contributed by atoms with Crippen LogP contribution in [0.4, 0.5) is 5.95 Å². The first-order valence-electron chi connectivity index (χ1n) is 11.0. The van der Waals surface area contributed by atoms with Crippen LogP contribution in [0.2, 0.25) is 0 Å². The first-order valence-corrected chi connectivity index (χ1v) is 11.0. The zero-order valence-electron chi connectivity index (χ0n) is 17.9. The quantitative estimate of drug-likeness (QED) is 0.540. The standard InChI is InChI=1S/C16H13N5.C8H15NO.H2/c1-17-16-19-10-15-13(6-8-21(15)20-16)11-4-5-14-12(9-11)3-2-7-18-14;1-2-8(3-1)9-4-6-10-7-5-9;/h2-10H,1H3,(H,17,20);8H,1-7H2;1H. The van der Waals surface area contributed by atoms with E-state index >= 15 is 0 Å². The van der Waals surface area contributed by atoms with E-state index in [0.717, 1.165) is 46.8 Å². The third-order valence-electron chi connectivity index (χ3n) is 6.19. The Morgan fingerprint density at radius 2 is 1.97 bits per heavy atom. The summed E-state index contributed by atoms with van der Waals surface area (Å²) in [6.07, 6.45) is 9.90. The van der Waals surface area contributed by atoms with E-state index in [0.29, 0.717) is 5.95 Å². The second-order valence-electron chi connectivity index (χ2n) is 8.03. The second-order valence-corrected chi connectivity index (χ2v) is 8.03. The normalized spacial score (nSPS) is 17.2. The van der Waals surface area contributed by atoms with Gasteiger partial charge in [-0.05, 0) is 42.7 Å². The van der Waals surface area contributed by atoms with Crippen LogP contribution in [0.3, 0.4) is 0 Å². The summed E-state index contributed by atoms with van der Waals surface area (Å²) >= 11 is 0. The van der Waals surface area contributed by atoms with Gasteiger partial charge in [-0.3, -0.25) is 9.88 Å². The highest BCUT2D eigenvalue weighted by Crippen LogP contribution is 2.28. The maximum atomic E-state index is 5.28. The maximum absolute atomic E-state index is 5.28. The average molecular weight is 419 g/mol. The van der Waals surface area contributed by atoms with Crippen molar-refractivity contribution in [3.05, 3.63) is 55.0 Å². The van der Waals surface area contributed by atoms with Crippen LogP contribution in [0.5, 0.6) is 0 Å². The number of morpholine rings is 1. The van der Waals surface area contributed by atoms with Crippen molar-refractivity contribution in [2.24, 2.45) is 0 Å². The van der Waals surface area contributed by atoms with Crippen LogP contribution in [0.1, 0.15) is 20.7 Å². The molecule has 0 amide bonds. The van der Waals surface area contributed by atoms with Gasteiger partial charge in [0.1, 0.15) is 0 Å². The Balaban J connectivity index is 0.000000188. The zero-order valence-corrected chi connectivity index (χ0v) is 17.9. The third kappa shape index (κ3) is 4.24. The van der Waals surface area contributed by atoms with Crippen LogP contribution in [-0.2, 0) is 4.74 Å². The molecule has 0 bridgehead atoms. The summed E-state index contributed by atoms with van der Waals surface area (Å²) in [5, 5.41) is 8.45. The number of fused-ring (bicyclic) bond motifs is 2. The monoisotopic (exact) mass is 418 g/mol. The van der Waals surface area contributed by atoms with Crippen LogP contribution >= 0.6 is 0 Å². The van der Waals surface area contributed by atoms with Crippen LogP contribution in [0.15, 0.2) is 55.0 Å². The number of benzene rings is 1. The Morgan fingerprint density at radius 1 is 1.10 bits per heavy atom. The van der Waals surface area contributed by atoms with E-state index in [9.17, 15) is 0 Å². The van der Waals surface area contributed by atoms with Gasteiger partial charge in [0.25, 0.3) is 0 Å². The van der Waals surface area contributed by atoms with Gasteiger partial charge in [-0.25, -0.2) is 9.50 Å². The molecular weight excluding hydrogens is 388 g/mol. The van der Waals surface area contributed by atoms with Crippen molar-refractivity contribution in [2.75, 3.05) is 38.7 Å². The second kappa shape index (κ2) is 8.99. The number of aromatic nitrogens is 4. The lowest BCUT2D eigenvalue weighted by atomic mass is 9.91. The van der Waals surface area contributed by atoms with Crippen molar-refractivity contribution in [1.29, 1.82) is 0 Å². The number of nitrogens with one attached hydrogen (secondary N) is 1. The Labute approximate surface area is 183 Å². The van der Waals surface area contributed by atoms with Crippen molar-refractivity contribution >= 4 is 22.4 Å². The zero-order chi connectivity index (χ0) is 21.0. The minimum Gasteiger partial charge on any atom is -0.379 e. The fraction of sp³-hybridized carbons (Fsp3) is 0.375. The number of hydrogen-bond donors (Lipinski definition) is 1. The summed E-state index contributed by atoms with van der Waals surface area (Å²) in [6.45, 7) is 4.25. The van der Waals surface area contributed by atoms with Gasteiger partial charge in [-0.2, -0.15) is 0 Å². The molecule has 1 saturated carbocycles. The van der Waals surface area contributed by atoms with Crippen molar-refractivity contribution in [2.45, 2.75) is 25.3 Å². The number of rotatable bonds is 3. The molecule has 4 heterocycles. The molecule has 0 unspecified atom stereocenters. The Kier molecular flexibility index (Phi) is 5.78. The highest BCUT2D eigenvalue weighted by atomic mass is 16.5. The highest BCUT2D eigenvalue weighted by molar-refractivity contribution is 5.88. The van der Waals surface area contributed by atoms with Gasteiger partial charge < -0.3 is 10.1 Å². The molecule has 4 aromatic rings. The van der Waals surface area contributed by atoms with Gasteiger partial charge in [0.2, 0.25) is 5.95 Å². The molecule has 1 aliphatic heterocycles. The molecule has 0 atom stereocenters. The van der Waals surface area contributed by atoms with E-state index in [4.69, 9.17) is 4.74 Å². The van der Waals surface area contributed by atoms with Crippen LogP contribution in [0.25, 0.3) is 27.5 Å². The van der Waals surface area contributed by atoms with Crippen LogP contribution < -0.4 is 5.32 Å². The fourth-order valence-electron chi connectivity index (χ4n) is 4.20. The molecule has 0 spiro atoms. The van der Waals surface area contributed by atoms with Crippen molar-refractivity contribution in [3.63, 3.8) is 0 Å². The van der Waals surface area contributed by atoms with E-state index < -0.39 is 0 Å². The summed E-state index contributed by atoms with van der Waals surface area (Å²) in [4.78, 5) is 11.2. The molecule has 0 radical (unpaired) electrons. The highest BCUT2D eigenvalue weighted by Gasteiger charge is 2.25. The minimum atomic E-state index is 0. The SMILES string of the molecule is C1CC(N2CCOCC2)C1.CNc1ncc2c(-c3ccc4ncccc4c3)ccn2n1.[HH]. The predicted octanol–water partition coefficient (Wildman–Crippen LogP) is 4.10. The number of nitrogens with zero attached hydrogens (tertiary/aromatic N) is 5. The Hall–Kier alpha value is -3.03. The first kappa shape index (κ1) is 19.9. The molecule has 7 heteroatoms. The van der Waals surface area contributed by atoms with Gasteiger partial charge in [0, 0.05) is 50.9 Å². The molecule has 31 heavy (non-hydrogen) atoms. The van der Waals surface area contributed by atoms with E-state index in [-0.39, 0.29) is 1.43 Å². The summed E-state index contributed by atoms with van der Waals surface area (Å²) in [6, 6.07) is 13.3. The largest absolute Gasteiger partial charge is 0.379 e. The topological polar surface area (TPSA) is 67.6 Å². The molecule has 1 N–H and O–H groups in total. The summed E-state index contributed by atoms with van der Waals surface area (Å²) in [5.74, 6) is 0.604. The molecule has 7 nitrogen and oxygen atoms in total. The molecule has 3 aromatic heterocycles. The molecular formula is C24H30N6O. The maximum Gasteiger partial charge on any atom is 0.240 e. The van der Waals surface area contributed by atoms with Crippen molar-refractivity contribution in [3.8, 4) is 11.1 Å². The first-order chi connectivity index (χ1) is 15.3. The molecule has 162 valence electrons. The summed E-state index contributed by atoms with van der Waals surface area (Å²) in [5.41, 5.74) is 4.23. The molecule has 2 fully saturated rings. The lowest BCUT2D eigenvalue weighted by Crippen LogP contribution is -2.46. The van der Waals surface area contributed by atoms with E-state index in [2.05, 4.69) is 49.5 Å². The predicted molar refractivity (Wildman–Crippen MR) is 125 cm³/mol. The minimum absolute atomic E-state index is 0. The molecule has 6 rings (SSSR count). The average Bonchev–Trinajstić information content (AvgIpc) is 3.22. The van der Waals surface area contributed by atoms with Crippen molar-refractivity contribution < 1.29 is 6.16 Å². The smallest absolute Gasteiger partial charge is 0.240 e. The number of anilines is 1. The number of hydrogen-bond acceptors (Lipinski definition) is 6. The Bertz CT molecular complexity index is 1170. The van der Waals surface area contributed by atoms with Gasteiger partial charge in [-0.15, -0.1) is 5.10 Å². The van der Waals surface area contributed by atoms with Gasteiger partial charge in [0.15, 0.2) is 0 Å². The summed E-state index contributed by atoms with van der Waals surface area (Å²) in [7, 11) is 1.81. The Morgan fingerprint density at radius 3 is 2.74 bits per heavy atom. The fourth-order valence-corrected chi connectivity index (χ4v) is 4.20. The lowest BCUT2D eigenvalue weighted by Gasteiger charge is -2.39. The number of ether oxygens (including phenoxy) is 1. The van der Waals surface area contributed by atoms with E-state index in [1.54, 1.807) is 0 Å². The molecule has 1 aliphatic carbocycles. The molecule has 1 aromatic carbocycles. The van der Waals surface area contributed by atoms with Crippen molar-refractivity contribution in [1.82, 2.24) is 24.5 Å². The molecule has 2 aliphatic rings. The van der Waals surface area contributed by atoms with Gasteiger partial charge >= 0.3 is 0 Å².